The molecule has 5 nitrogen and oxygen atoms in total. The quantitative estimate of drug-likeness (QED) is 0.911. The van der Waals surface area contributed by atoms with Crippen LogP contribution in [0.2, 0.25) is 5.02 Å². The van der Waals surface area contributed by atoms with Gasteiger partial charge in [0.2, 0.25) is 11.8 Å². The Bertz CT molecular complexity index is 630. The van der Waals surface area contributed by atoms with Crippen molar-refractivity contribution in [3.63, 3.8) is 0 Å². The summed E-state index contributed by atoms with van der Waals surface area (Å²) in [5.74, 6) is 0.0527. The molecule has 20 heavy (non-hydrogen) atoms. The molecule has 1 N–H and O–H groups in total. The lowest BCUT2D eigenvalue weighted by atomic mass is 10.2. The fourth-order valence-electron chi connectivity index (χ4n) is 1.51. The number of hydrogen-bond acceptors (Lipinski definition) is 4. The van der Waals surface area contributed by atoms with E-state index in [4.69, 9.17) is 26.2 Å². The van der Waals surface area contributed by atoms with E-state index in [0.29, 0.717) is 24.1 Å². The Morgan fingerprint density at radius 2 is 2.05 bits per heavy atom. The molecule has 6 heteroatoms. The maximum Gasteiger partial charge on any atom is 0.335 e. The first-order valence-corrected chi connectivity index (χ1v) is 6.28. The lowest BCUT2D eigenvalue weighted by Crippen LogP contribution is -1.98. The molecule has 0 unspecified atom stereocenters. The molecule has 0 spiro atoms. The monoisotopic (exact) mass is 293 g/mol. The lowest BCUT2D eigenvalue weighted by molar-refractivity contribution is 0.0697. The van der Waals surface area contributed by atoms with Crippen molar-refractivity contribution in [1.82, 2.24) is 4.98 Å². The molecular formula is C14H12ClNO4. The van der Waals surface area contributed by atoms with Crippen molar-refractivity contribution < 1.29 is 19.4 Å². The van der Waals surface area contributed by atoms with Gasteiger partial charge in [-0.1, -0.05) is 17.7 Å². The molecule has 1 aromatic heterocycles. The third-order valence-electron chi connectivity index (χ3n) is 2.38. The number of nitrogens with zero attached hydrogens (tertiary/aromatic N) is 1. The number of carboxylic acids is 1. The molecule has 0 amide bonds. The Balaban J connectivity index is 2.21. The van der Waals surface area contributed by atoms with Crippen LogP contribution in [0.3, 0.4) is 0 Å². The van der Waals surface area contributed by atoms with Crippen LogP contribution in [-0.2, 0) is 0 Å². The van der Waals surface area contributed by atoms with Crippen LogP contribution >= 0.6 is 11.6 Å². The maximum atomic E-state index is 10.8. The van der Waals surface area contributed by atoms with Crippen LogP contribution in [-0.4, -0.2) is 22.7 Å². The summed E-state index contributed by atoms with van der Waals surface area (Å²) in [6.07, 6.45) is 0. The second-order valence-electron chi connectivity index (χ2n) is 3.80. The van der Waals surface area contributed by atoms with Gasteiger partial charge in [0.25, 0.3) is 0 Å². The van der Waals surface area contributed by atoms with E-state index >= 15 is 0 Å². The molecule has 1 heterocycles. The Labute approximate surface area is 120 Å². The molecule has 0 aliphatic carbocycles. The summed E-state index contributed by atoms with van der Waals surface area (Å²) in [6.45, 7) is 2.36. The zero-order chi connectivity index (χ0) is 14.5. The van der Waals surface area contributed by atoms with Gasteiger partial charge in [-0.05, 0) is 25.1 Å². The summed E-state index contributed by atoms with van der Waals surface area (Å²) in [5.41, 5.74) is 0.0957. The molecule has 0 radical (unpaired) electrons. The highest BCUT2D eigenvalue weighted by molar-refractivity contribution is 6.32. The minimum absolute atomic E-state index is 0.0957. The lowest BCUT2D eigenvalue weighted by Gasteiger charge is -2.08. The van der Waals surface area contributed by atoms with Gasteiger partial charge in [0, 0.05) is 12.1 Å². The fraction of sp³-hybridized carbons (Fsp3) is 0.143. The van der Waals surface area contributed by atoms with Gasteiger partial charge in [-0.3, -0.25) is 0 Å². The fourth-order valence-corrected chi connectivity index (χ4v) is 1.73. The SMILES string of the molecule is CCOc1cccc(Oc2ccc(C(=O)O)cc2Cl)n1. The molecule has 2 rings (SSSR count). The normalized spacial score (nSPS) is 10.1. The Kier molecular flexibility index (Phi) is 4.42. The summed E-state index contributed by atoms with van der Waals surface area (Å²) in [4.78, 5) is 14.9. The van der Waals surface area contributed by atoms with Crippen molar-refractivity contribution in [2.24, 2.45) is 0 Å². The van der Waals surface area contributed by atoms with E-state index in [0.717, 1.165) is 0 Å². The molecule has 104 valence electrons. The van der Waals surface area contributed by atoms with Crippen LogP contribution in [0.1, 0.15) is 17.3 Å². The topological polar surface area (TPSA) is 68.7 Å². The van der Waals surface area contributed by atoms with Crippen molar-refractivity contribution in [2.45, 2.75) is 6.92 Å². The second kappa shape index (κ2) is 6.25. The first-order chi connectivity index (χ1) is 9.60. The van der Waals surface area contributed by atoms with E-state index in [1.54, 1.807) is 18.2 Å². The highest BCUT2D eigenvalue weighted by Gasteiger charge is 2.09. The Morgan fingerprint density at radius 3 is 2.70 bits per heavy atom. The molecule has 0 saturated heterocycles. The number of rotatable bonds is 5. The average molecular weight is 294 g/mol. The number of hydrogen-bond donors (Lipinski definition) is 1. The van der Waals surface area contributed by atoms with Crippen molar-refractivity contribution >= 4 is 17.6 Å². The zero-order valence-corrected chi connectivity index (χ0v) is 11.4. The van der Waals surface area contributed by atoms with Gasteiger partial charge in [0.05, 0.1) is 17.2 Å². The first kappa shape index (κ1) is 14.1. The third-order valence-corrected chi connectivity index (χ3v) is 2.68. The average Bonchev–Trinajstić information content (AvgIpc) is 2.42. The van der Waals surface area contributed by atoms with Gasteiger partial charge in [0.1, 0.15) is 5.75 Å². The highest BCUT2D eigenvalue weighted by atomic mass is 35.5. The van der Waals surface area contributed by atoms with E-state index in [1.165, 1.54) is 18.2 Å². The predicted octanol–water partition coefficient (Wildman–Crippen LogP) is 3.62. The number of pyridine rings is 1. The number of carbonyl (C=O) groups is 1. The molecule has 0 atom stereocenters. The van der Waals surface area contributed by atoms with Gasteiger partial charge < -0.3 is 14.6 Å². The largest absolute Gasteiger partial charge is 0.478 e. The van der Waals surface area contributed by atoms with Crippen molar-refractivity contribution in [1.29, 1.82) is 0 Å². The van der Waals surface area contributed by atoms with E-state index in [9.17, 15) is 4.79 Å². The van der Waals surface area contributed by atoms with Crippen LogP contribution in [0.15, 0.2) is 36.4 Å². The smallest absolute Gasteiger partial charge is 0.335 e. The van der Waals surface area contributed by atoms with Crippen LogP contribution in [0, 0.1) is 0 Å². The summed E-state index contributed by atoms with van der Waals surface area (Å²) in [5, 5.41) is 9.06. The molecule has 2 aromatic rings. The van der Waals surface area contributed by atoms with Gasteiger partial charge in [-0.2, -0.15) is 4.98 Å². The first-order valence-electron chi connectivity index (χ1n) is 5.90. The number of halogens is 1. The van der Waals surface area contributed by atoms with Crippen LogP contribution in [0.4, 0.5) is 0 Å². The standard InChI is InChI=1S/C14H12ClNO4/c1-2-19-12-4-3-5-13(16-12)20-11-7-6-9(14(17)18)8-10(11)15/h3-8H,2H2,1H3,(H,17,18). The molecule has 0 fully saturated rings. The minimum Gasteiger partial charge on any atom is -0.478 e. The number of carboxylic acid groups (broad SMARTS) is 1. The second-order valence-corrected chi connectivity index (χ2v) is 4.21. The third kappa shape index (κ3) is 3.39. The van der Waals surface area contributed by atoms with Crippen LogP contribution in [0.25, 0.3) is 0 Å². The molecule has 0 saturated carbocycles. The molecule has 0 aliphatic heterocycles. The highest BCUT2D eigenvalue weighted by Crippen LogP contribution is 2.30. The van der Waals surface area contributed by atoms with E-state index < -0.39 is 5.97 Å². The Morgan fingerprint density at radius 1 is 1.30 bits per heavy atom. The van der Waals surface area contributed by atoms with E-state index in [1.807, 2.05) is 6.92 Å². The van der Waals surface area contributed by atoms with Gasteiger partial charge in [0.15, 0.2) is 0 Å². The van der Waals surface area contributed by atoms with Crippen molar-refractivity contribution in [2.75, 3.05) is 6.61 Å². The van der Waals surface area contributed by atoms with E-state index in [2.05, 4.69) is 4.98 Å². The summed E-state index contributed by atoms with van der Waals surface area (Å²) < 4.78 is 10.8. The van der Waals surface area contributed by atoms with Crippen LogP contribution < -0.4 is 9.47 Å². The molecule has 0 bridgehead atoms. The molecule has 0 aliphatic rings. The molecular weight excluding hydrogens is 282 g/mol. The van der Waals surface area contributed by atoms with Gasteiger partial charge >= 0.3 is 5.97 Å². The molecule has 1 aromatic carbocycles. The van der Waals surface area contributed by atoms with Crippen LogP contribution in [0.5, 0.6) is 17.5 Å². The van der Waals surface area contributed by atoms with Gasteiger partial charge in [-0.15, -0.1) is 0 Å². The minimum atomic E-state index is -1.05. The van der Waals surface area contributed by atoms with Crippen molar-refractivity contribution in [3.8, 4) is 17.5 Å². The van der Waals surface area contributed by atoms with Gasteiger partial charge in [-0.25, -0.2) is 4.79 Å². The number of aromatic carboxylic acids is 1. The number of benzene rings is 1. The summed E-state index contributed by atoms with van der Waals surface area (Å²) in [7, 11) is 0. The zero-order valence-electron chi connectivity index (χ0n) is 10.7. The number of ether oxygens (including phenoxy) is 2. The summed E-state index contributed by atoms with van der Waals surface area (Å²) >= 11 is 5.98. The maximum absolute atomic E-state index is 10.8. The predicted molar refractivity (Wildman–Crippen MR) is 73.9 cm³/mol. The Hall–Kier alpha value is -2.27. The number of aromatic nitrogens is 1. The summed E-state index contributed by atoms with van der Waals surface area (Å²) in [6, 6.07) is 9.34. The van der Waals surface area contributed by atoms with Crippen molar-refractivity contribution in [3.05, 3.63) is 47.0 Å². The van der Waals surface area contributed by atoms with E-state index in [-0.39, 0.29) is 10.6 Å².